The van der Waals surface area contributed by atoms with Gasteiger partial charge in [0, 0.05) is 18.7 Å². The topological polar surface area (TPSA) is 85.9 Å². The largest absolute Gasteiger partial charge is 0.494 e. The van der Waals surface area contributed by atoms with Gasteiger partial charge in [-0.05, 0) is 90.4 Å². The number of amides is 2. The highest BCUT2D eigenvalue weighted by atomic mass is 16.7. The van der Waals surface area contributed by atoms with E-state index in [-0.39, 0.29) is 12.5 Å². The summed E-state index contributed by atoms with van der Waals surface area (Å²) in [4.78, 5) is 24.9. The summed E-state index contributed by atoms with van der Waals surface area (Å²) < 4.78 is 17.7. The lowest BCUT2D eigenvalue weighted by atomic mass is 9.77. The van der Waals surface area contributed by atoms with Crippen molar-refractivity contribution in [3.63, 3.8) is 0 Å². The van der Waals surface area contributed by atoms with Crippen LogP contribution in [0.5, 0.6) is 0 Å². The van der Waals surface area contributed by atoms with E-state index in [2.05, 4.69) is 10.6 Å². The van der Waals surface area contributed by atoms with Crippen molar-refractivity contribution in [1.82, 2.24) is 10.6 Å². The smallest absolute Gasteiger partial charge is 0.444 e. The first-order chi connectivity index (χ1) is 14.3. The van der Waals surface area contributed by atoms with E-state index < -0.39 is 30.0 Å². The molecule has 0 atom stereocenters. The first kappa shape index (κ1) is 23.6. The van der Waals surface area contributed by atoms with Gasteiger partial charge in [0.1, 0.15) is 5.60 Å². The van der Waals surface area contributed by atoms with Crippen LogP contribution in [-0.2, 0) is 20.6 Å². The van der Waals surface area contributed by atoms with Gasteiger partial charge >= 0.3 is 13.2 Å². The predicted octanol–water partition coefficient (Wildman–Crippen LogP) is 3.15. The SMILES string of the molecule is CC(C)(C)OC(=O)NCc1cc(B2OC(C)(C)C(C)(C)O2)cc(C(=O)NCC2CC2)c1. The summed E-state index contributed by atoms with van der Waals surface area (Å²) >= 11 is 0. The fourth-order valence-corrected chi connectivity index (χ4v) is 3.22. The van der Waals surface area contributed by atoms with E-state index in [4.69, 9.17) is 14.0 Å². The van der Waals surface area contributed by atoms with E-state index in [1.807, 2.05) is 54.5 Å². The zero-order valence-corrected chi connectivity index (χ0v) is 19.8. The van der Waals surface area contributed by atoms with Crippen molar-refractivity contribution in [2.45, 2.75) is 84.7 Å². The molecule has 2 N–H and O–H groups in total. The van der Waals surface area contributed by atoms with E-state index in [0.29, 0.717) is 18.0 Å². The highest BCUT2D eigenvalue weighted by Gasteiger charge is 2.51. The molecule has 1 aliphatic heterocycles. The summed E-state index contributed by atoms with van der Waals surface area (Å²) in [6, 6.07) is 5.49. The van der Waals surface area contributed by atoms with Crippen LogP contribution in [0.1, 0.15) is 77.2 Å². The number of ether oxygens (including phenoxy) is 1. The van der Waals surface area contributed by atoms with E-state index >= 15 is 0 Å². The second-order valence-corrected chi connectivity index (χ2v) is 10.6. The van der Waals surface area contributed by atoms with E-state index in [0.717, 1.165) is 11.0 Å². The summed E-state index contributed by atoms with van der Waals surface area (Å²) in [6.07, 6.45) is 1.83. The average Bonchev–Trinajstić information content (AvgIpc) is 3.42. The van der Waals surface area contributed by atoms with Gasteiger partial charge in [-0.3, -0.25) is 4.79 Å². The lowest BCUT2D eigenvalue weighted by Gasteiger charge is -2.32. The number of carbonyl (C=O) groups excluding carboxylic acids is 2. The summed E-state index contributed by atoms with van der Waals surface area (Å²) in [5, 5.41) is 5.76. The Morgan fingerprint density at radius 1 is 1.06 bits per heavy atom. The molecule has 0 unspecified atom stereocenters. The Morgan fingerprint density at radius 2 is 1.68 bits per heavy atom. The van der Waals surface area contributed by atoms with Crippen molar-refractivity contribution >= 4 is 24.6 Å². The standard InChI is InChI=1S/C23H35BN2O5/c1-21(2,3)29-20(28)26-14-16-10-17(19(27)25-13-15-8-9-15)12-18(11-16)24-30-22(4,5)23(6,7)31-24/h10-12,15H,8-9,13-14H2,1-7H3,(H,25,27)(H,26,28). The fraction of sp³-hybridized carbons (Fsp3) is 0.652. The quantitative estimate of drug-likeness (QED) is 0.678. The maximum absolute atomic E-state index is 12.8. The van der Waals surface area contributed by atoms with Gasteiger partial charge in [0.2, 0.25) is 0 Å². The Balaban J connectivity index is 1.80. The third kappa shape index (κ3) is 6.23. The average molecular weight is 430 g/mol. The van der Waals surface area contributed by atoms with Crippen LogP contribution in [-0.4, -0.2) is 42.5 Å². The molecule has 8 heteroatoms. The first-order valence-corrected chi connectivity index (χ1v) is 11.0. The molecule has 1 saturated heterocycles. The molecule has 2 aliphatic rings. The van der Waals surface area contributed by atoms with E-state index in [1.54, 1.807) is 12.1 Å². The normalized spacial score (nSPS) is 19.8. The zero-order chi connectivity index (χ0) is 23.0. The maximum atomic E-state index is 12.8. The van der Waals surface area contributed by atoms with Gasteiger partial charge < -0.3 is 24.7 Å². The number of alkyl carbamates (subject to hydrolysis) is 1. The van der Waals surface area contributed by atoms with Crippen molar-refractivity contribution in [3.05, 3.63) is 29.3 Å². The summed E-state index contributed by atoms with van der Waals surface area (Å²) in [6.45, 7) is 14.3. The van der Waals surface area contributed by atoms with E-state index in [9.17, 15) is 9.59 Å². The molecule has 3 rings (SSSR count). The number of rotatable bonds is 6. The summed E-state index contributed by atoms with van der Waals surface area (Å²) in [5.74, 6) is 0.451. The lowest BCUT2D eigenvalue weighted by Crippen LogP contribution is -2.41. The van der Waals surface area contributed by atoms with Crippen LogP contribution in [0.4, 0.5) is 4.79 Å². The van der Waals surface area contributed by atoms with Gasteiger partial charge in [0.15, 0.2) is 0 Å². The maximum Gasteiger partial charge on any atom is 0.494 e. The Hall–Kier alpha value is -2.06. The van der Waals surface area contributed by atoms with Crippen LogP contribution in [0.3, 0.4) is 0 Å². The Kier molecular flexibility index (Phi) is 6.45. The number of hydrogen-bond donors (Lipinski definition) is 2. The third-order valence-electron chi connectivity index (χ3n) is 5.89. The van der Waals surface area contributed by atoms with Crippen molar-refractivity contribution in [1.29, 1.82) is 0 Å². The van der Waals surface area contributed by atoms with Crippen molar-refractivity contribution in [2.24, 2.45) is 5.92 Å². The van der Waals surface area contributed by atoms with Gasteiger partial charge in [0.05, 0.1) is 11.2 Å². The Morgan fingerprint density at radius 3 is 2.23 bits per heavy atom. The van der Waals surface area contributed by atoms with Crippen molar-refractivity contribution < 1.29 is 23.6 Å². The van der Waals surface area contributed by atoms with Gasteiger partial charge in [-0.15, -0.1) is 0 Å². The highest BCUT2D eigenvalue weighted by molar-refractivity contribution is 6.62. The minimum atomic E-state index is -0.596. The molecule has 2 fully saturated rings. The molecule has 1 heterocycles. The van der Waals surface area contributed by atoms with Crippen LogP contribution in [0.15, 0.2) is 18.2 Å². The number of nitrogens with one attached hydrogen (secondary N) is 2. The second kappa shape index (κ2) is 8.47. The minimum absolute atomic E-state index is 0.135. The molecule has 0 aromatic heterocycles. The molecule has 1 saturated carbocycles. The molecular weight excluding hydrogens is 395 g/mol. The van der Waals surface area contributed by atoms with Gasteiger partial charge in [0.25, 0.3) is 5.91 Å². The van der Waals surface area contributed by atoms with Gasteiger partial charge in [-0.25, -0.2) is 4.79 Å². The van der Waals surface area contributed by atoms with Crippen molar-refractivity contribution in [3.8, 4) is 0 Å². The molecule has 2 amide bonds. The van der Waals surface area contributed by atoms with Crippen LogP contribution >= 0.6 is 0 Å². The Bertz CT molecular complexity index is 827. The fourth-order valence-electron chi connectivity index (χ4n) is 3.22. The lowest BCUT2D eigenvalue weighted by molar-refractivity contribution is 0.00578. The number of benzene rings is 1. The Labute approximate surface area is 185 Å². The molecule has 1 aliphatic carbocycles. The van der Waals surface area contributed by atoms with Crippen LogP contribution in [0.2, 0.25) is 0 Å². The van der Waals surface area contributed by atoms with Crippen LogP contribution in [0.25, 0.3) is 0 Å². The summed E-state index contributed by atoms with van der Waals surface area (Å²) in [7, 11) is -0.596. The van der Waals surface area contributed by atoms with Crippen LogP contribution in [0, 0.1) is 5.92 Å². The second-order valence-electron chi connectivity index (χ2n) is 10.6. The van der Waals surface area contributed by atoms with Gasteiger partial charge in [-0.1, -0.05) is 6.07 Å². The number of hydrogen-bond acceptors (Lipinski definition) is 5. The van der Waals surface area contributed by atoms with Crippen LogP contribution < -0.4 is 16.1 Å². The molecular formula is C23H35BN2O5. The first-order valence-electron chi connectivity index (χ1n) is 11.0. The molecule has 0 bridgehead atoms. The molecule has 7 nitrogen and oxygen atoms in total. The van der Waals surface area contributed by atoms with Gasteiger partial charge in [-0.2, -0.15) is 0 Å². The molecule has 31 heavy (non-hydrogen) atoms. The minimum Gasteiger partial charge on any atom is -0.444 e. The summed E-state index contributed by atoms with van der Waals surface area (Å²) in [5.41, 5.74) is 0.484. The molecule has 1 aromatic rings. The predicted molar refractivity (Wildman–Crippen MR) is 120 cm³/mol. The number of carbonyl (C=O) groups is 2. The molecule has 170 valence electrons. The molecule has 0 radical (unpaired) electrons. The monoisotopic (exact) mass is 430 g/mol. The molecule has 0 spiro atoms. The third-order valence-corrected chi connectivity index (χ3v) is 5.89. The highest BCUT2D eigenvalue weighted by Crippen LogP contribution is 2.36. The zero-order valence-electron chi connectivity index (χ0n) is 19.8. The van der Waals surface area contributed by atoms with E-state index in [1.165, 1.54) is 12.8 Å². The van der Waals surface area contributed by atoms with Crippen molar-refractivity contribution in [2.75, 3.05) is 6.54 Å². The molecule has 1 aromatic carbocycles.